The first kappa shape index (κ1) is 22.0. The highest BCUT2D eigenvalue weighted by Gasteiger charge is 2.18. The van der Waals surface area contributed by atoms with Crippen LogP contribution in [0.3, 0.4) is 0 Å². The number of aryl methyl sites for hydroxylation is 2. The Labute approximate surface area is 174 Å². The van der Waals surface area contributed by atoms with Gasteiger partial charge in [0.05, 0.1) is 18.8 Å². The molecule has 0 aliphatic carbocycles. The molecule has 0 spiro atoms. The van der Waals surface area contributed by atoms with E-state index in [1.165, 1.54) is 0 Å². The lowest BCUT2D eigenvalue weighted by molar-refractivity contribution is -0.385. The fourth-order valence-corrected chi connectivity index (χ4v) is 3.49. The van der Waals surface area contributed by atoms with E-state index in [2.05, 4.69) is 31.9 Å². The molecule has 0 unspecified atom stereocenters. The summed E-state index contributed by atoms with van der Waals surface area (Å²) in [5.74, 6) is -1.71. The maximum atomic E-state index is 14.1. The van der Waals surface area contributed by atoms with Gasteiger partial charge in [0.1, 0.15) is 17.4 Å². The van der Waals surface area contributed by atoms with Crippen LogP contribution in [0.2, 0.25) is 0 Å². The van der Waals surface area contributed by atoms with E-state index in [1.54, 1.807) is 0 Å². The summed E-state index contributed by atoms with van der Waals surface area (Å²) in [7, 11) is 0. The lowest BCUT2D eigenvalue weighted by Gasteiger charge is -2.07. The van der Waals surface area contributed by atoms with E-state index in [4.69, 9.17) is 0 Å². The monoisotopic (exact) mass is 520 g/mol. The highest BCUT2D eigenvalue weighted by Crippen LogP contribution is 2.28. The SMILES string of the molecule is O=C(CCc1cc([N+](=O)[O-])cc(Br)c1F)CCc1cc([N+](=O)[O-])cc(Br)c1F. The molecule has 28 heavy (non-hydrogen) atoms. The van der Waals surface area contributed by atoms with Crippen molar-refractivity contribution in [1.82, 2.24) is 0 Å². The van der Waals surface area contributed by atoms with Gasteiger partial charge in [-0.15, -0.1) is 0 Å². The fraction of sp³-hybridized carbons (Fsp3) is 0.235. The molecule has 0 N–H and O–H groups in total. The van der Waals surface area contributed by atoms with E-state index in [0.717, 1.165) is 24.3 Å². The van der Waals surface area contributed by atoms with Gasteiger partial charge < -0.3 is 0 Å². The van der Waals surface area contributed by atoms with Crippen LogP contribution in [0.4, 0.5) is 20.2 Å². The first-order valence-corrected chi connectivity index (χ1v) is 9.45. The first-order chi connectivity index (χ1) is 13.1. The van der Waals surface area contributed by atoms with E-state index < -0.39 is 21.5 Å². The maximum absolute atomic E-state index is 14.1. The van der Waals surface area contributed by atoms with Gasteiger partial charge in [0, 0.05) is 37.1 Å². The van der Waals surface area contributed by atoms with Gasteiger partial charge >= 0.3 is 0 Å². The van der Waals surface area contributed by atoms with Crippen molar-refractivity contribution in [3.8, 4) is 0 Å². The number of ketones is 1. The van der Waals surface area contributed by atoms with Crippen LogP contribution in [0.15, 0.2) is 33.2 Å². The molecule has 0 atom stereocenters. The predicted octanol–water partition coefficient (Wildman–Crippen LogP) is 5.44. The molecule has 2 rings (SSSR count). The number of non-ortho nitro benzene ring substituents is 2. The molecule has 2 aromatic rings. The third-order valence-electron chi connectivity index (χ3n) is 3.94. The molecule has 0 fully saturated rings. The molecule has 148 valence electrons. The van der Waals surface area contributed by atoms with E-state index >= 15 is 0 Å². The number of benzene rings is 2. The molecule has 0 saturated carbocycles. The Kier molecular flexibility index (Phi) is 7.30. The van der Waals surface area contributed by atoms with Crippen LogP contribution in [0, 0.1) is 31.9 Å². The number of Topliss-reactive ketones (excluding diaryl/α,β-unsaturated/α-hetero) is 1. The van der Waals surface area contributed by atoms with Crippen LogP contribution in [-0.2, 0) is 17.6 Å². The minimum atomic E-state index is -0.688. The fourth-order valence-electron chi connectivity index (χ4n) is 2.51. The van der Waals surface area contributed by atoms with Crippen LogP contribution in [0.5, 0.6) is 0 Å². The van der Waals surface area contributed by atoms with Gasteiger partial charge in [0.2, 0.25) is 0 Å². The van der Waals surface area contributed by atoms with Crippen molar-refractivity contribution in [2.24, 2.45) is 0 Å². The van der Waals surface area contributed by atoms with Crippen molar-refractivity contribution in [3.63, 3.8) is 0 Å². The Morgan fingerprint density at radius 1 is 0.821 bits per heavy atom. The molecule has 0 bridgehead atoms. The van der Waals surface area contributed by atoms with E-state index in [1.807, 2.05) is 0 Å². The molecule has 0 radical (unpaired) electrons. The molecule has 0 heterocycles. The number of rotatable bonds is 8. The summed E-state index contributed by atoms with van der Waals surface area (Å²) >= 11 is 5.80. The molecular weight excluding hydrogens is 510 g/mol. The van der Waals surface area contributed by atoms with Gasteiger partial charge in [-0.3, -0.25) is 25.0 Å². The lowest BCUT2D eigenvalue weighted by Crippen LogP contribution is -2.05. The van der Waals surface area contributed by atoms with Crippen molar-refractivity contribution in [3.05, 3.63) is 76.2 Å². The van der Waals surface area contributed by atoms with Crippen LogP contribution < -0.4 is 0 Å². The van der Waals surface area contributed by atoms with E-state index in [-0.39, 0.29) is 62.9 Å². The maximum Gasteiger partial charge on any atom is 0.271 e. The van der Waals surface area contributed by atoms with E-state index in [9.17, 15) is 33.8 Å². The molecular formula is C17H12Br2F2N2O5. The molecule has 0 aromatic heterocycles. The molecule has 2 aromatic carbocycles. The zero-order valence-electron chi connectivity index (χ0n) is 14.1. The second-order valence-corrected chi connectivity index (χ2v) is 7.56. The number of nitro groups is 2. The summed E-state index contributed by atoms with van der Waals surface area (Å²) in [5.41, 5.74) is -0.587. The number of carbonyl (C=O) groups excluding carboxylic acids is 1. The predicted molar refractivity (Wildman–Crippen MR) is 103 cm³/mol. The minimum Gasteiger partial charge on any atom is -0.300 e. The van der Waals surface area contributed by atoms with Gasteiger partial charge in [-0.1, -0.05) is 0 Å². The number of nitrogens with zero attached hydrogens (tertiary/aromatic N) is 2. The van der Waals surface area contributed by atoms with Crippen molar-refractivity contribution < 1.29 is 23.4 Å². The second kappa shape index (κ2) is 9.28. The third-order valence-corrected chi connectivity index (χ3v) is 5.10. The Morgan fingerprint density at radius 2 is 1.18 bits per heavy atom. The zero-order valence-corrected chi connectivity index (χ0v) is 17.3. The highest BCUT2D eigenvalue weighted by atomic mass is 79.9. The summed E-state index contributed by atoms with van der Waals surface area (Å²) in [6.45, 7) is 0. The van der Waals surface area contributed by atoms with Crippen LogP contribution in [0.1, 0.15) is 24.0 Å². The lowest BCUT2D eigenvalue weighted by atomic mass is 10.0. The molecule has 0 saturated heterocycles. The first-order valence-electron chi connectivity index (χ1n) is 7.86. The van der Waals surface area contributed by atoms with Crippen molar-refractivity contribution >= 4 is 49.0 Å². The van der Waals surface area contributed by atoms with Crippen molar-refractivity contribution in [2.75, 3.05) is 0 Å². The summed E-state index contributed by atoms with van der Waals surface area (Å²) in [5, 5.41) is 21.7. The number of nitro benzene ring substituents is 2. The number of halogens is 4. The largest absolute Gasteiger partial charge is 0.300 e. The van der Waals surface area contributed by atoms with Crippen LogP contribution in [0.25, 0.3) is 0 Å². The van der Waals surface area contributed by atoms with Crippen LogP contribution >= 0.6 is 31.9 Å². The van der Waals surface area contributed by atoms with Gasteiger partial charge in [0.15, 0.2) is 0 Å². The third kappa shape index (κ3) is 5.38. The van der Waals surface area contributed by atoms with Gasteiger partial charge in [-0.2, -0.15) is 0 Å². The number of hydrogen-bond donors (Lipinski definition) is 0. The zero-order chi connectivity index (χ0) is 21.0. The average Bonchev–Trinajstić information content (AvgIpc) is 2.63. The van der Waals surface area contributed by atoms with Crippen LogP contribution in [-0.4, -0.2) is 15.6 Å². The topological polar surface area (TPSA) is 103 Å². The normalized spacial score (nSPS) is 10.7. The quantitative estimate of drug-likeness (QED) is 0.340. The molecule has 0 aliphatic rings. The van der Waals surface area contributed by atoms with Gasteiger partial charge in [-0.25, -0.2) is 8.78 Å². The summed E-state index contributed by atoms with van der Waals surface area (Å²) in [6, 6.07) is 4.18. The van der Waals surface area contributed by atoms with Crippen molar-refractivity contribution in [1.29, 1.82) is 0 Å². The standard InChI is InChI=1S/C17H12Br2F2N2O5/c18-14-7-11(22(25)26)5-9(16(14)20)1-3-13(24)4-2-10-6-12(23(27)28)8-15(19)17(10)21/h5-8H,1-4H2. The van der Waals surface area contributed by atoms with Gasteiger partial charge in [0.25, 0.3) is 11.4 Å². The Bertz CT molecular complexity index is 894. The smallest absolute Gasteiger partial charge is 0.271 e. The number of hydrogen-bond acceptors (Lipinski definition) is 5. The summed E-state index contributed by atoms with van der Waals surface area (Å²) < 4.78 is 28.0. The Hall–Kier alpha value is -2.27. The Morgan fingerprint density at radius 3 is 1.50 bits per heavy atom. The molecule has 7 nitrogen and oxygen atoms in total. The Balaban J connectivity index is 2.05. The summed E-state index contributed by atoms with van der Waals surface area (Å²) in [4.78, 5) is 32.5. The molecule has 0 aliphatic heterocycles. The van der Waals surface area contributed by atoms with Crippen molar-refractivity contribution in [2.45, 2.75) is 25.7 Å². The van der Waals surface area contributed by atoms with E-state index in [0.29, 0.717) is 0 Å². The molecule has 11 heteroatoms. The second-order valence-electron chi connectivity index (χ2n) is 5.85. The summed E-state index contributed by atoms with van der Waals surface area (Å²) in [6.07, 6.45) is -0.345. The van der Waals surface area contributed by atoms with Gasteiger partial charge in [-0.05, 0) is 55.8 Å². The highest BCUT2D eigenvalue weighted by molar-refractivity contribution is 9.10. The minimum absolute atomic E-state index is 0.0127. The number of carbonyl (C=O) groups is 1. The molecule has 0 amide bonds. The average molecular weight is 522 g/mol.